The highest BCUT2D eigenvalue weighted by Gasteiger charge is 2.15. The minimum absolute atomic E-state index is 0.00491. The summed E-state index contributed by atoms with van der Waals surface area (Å²) in [7, 11) is 1.65. The predicted molar refractivity (Wildman–Crippen MR) is 96.8 cm³/mol. The van der Waals surface area contributed by atoms with Crippen molar-refractivity contribution in [1.82, 2.24) is 5.32 Å². The number of benzene rings is 2. The Morgan fingerprint density at radius 2 is 2.04 bits per heavy atom. The fourth-order valence-corrected chi connectivity index (χ4v) is 3.04. The third-order valence-corrected chi connectivity index (χ3v) is 4.34. The largest absolute Gasteiger partial charge is 0.496 e. The van der Waals surface area contributed by atoms with Crippen LogP contribution in [0.4, 0.5) is 5.69 Å². The topological polar surface area (TPSA) is 67.4 Å². The van der Waals surface area contributed by atoms with Crippen molar-refractivity contribution in [2.75, 3.05) is 19.0 Å². The van der Waals surface area contributed by atoms with E-state index in [4.69, 9.17) is 4.74 Å². The van der Waals surface area contributed by atoms with Gasteiger partial charge in [-0.3, -0.25) is 9.59 Å². The van der Waals surface area contributed by atoms with Gasteiger partial charge in [0.05, 0.1) is 13.5 Å². The van der Waals surface area contributed by atoms with Crippen molar-refractivity contribution in [3.8, 4) is 5.75 Å². The first-order chi connectivity index (χ1) is 12.2. The van der Waals surface area contributed by atoms with Crippen molar-refractivity contribution >= 4 is 17.5 Å². The Hall–Kier alpha value is -2.82. The Kier molecular flexibility index (Phi) is 5.33. The second kappa shape index (κ2) is 7.83. The van der Waals surface area contributed by atoms with Crippen LogP contribution in [0.2, 0.25) is 0 Å². The van der Waals surface area contributed by atoms with Crippen LogP contribution < -0.4 is 15.4 Å². The first kappa shape index (κ1) is 17.0. The summed E-state index contributed by atoms with van der Waals surface area (Å²) >= 11 is 0. The Morgan fingerprint density at radius 1 is 1.20 bits per heavy atom. The van der Waals surface area contributed by atoms with Crippen LogP contribution in [-0.2, 0) is 28.9 Å². The monoisotopic (exact) mass is 338 g/mol. The van der Waals surface area contributed by atoms with Crippen molar-refractivity contribution in [2.45, 2.75) is 25.7 Å². The quantitative estimate of drug-likeness (QED) is 0.850. The SMILES string of the molecule is COc1ccccc1CCNC(=O)Cc1ccc2c(c1)CCC(=O)N2. The van der Waals surface area contributed by atoms with Crippen molar-refractivity contribution in [3.63, 3.8) is 0 Å². The highest BCUT2D eigenvalue weighted by atomic mass is 16.5. The number of carbonyl (C=O) groups is 2. The van der Waals surface area contributed by atoms with Crippen LogP contribution in [0.1, 0.15) is 23.1 Å². The van der Waals surface area contributed by atoms with E-state index >= 15 is 0 Å². The molecule has 2 amide bonds. The first-order valence-corrected chi connectivity index (χ1v) is 8.46. The van der Waals surface area contributed by atoms with Crippen LogP contribution in [0.15, 0.2) is 42.5 Å². The molecule has 1 aliphatic rings. The number of carbonyl (C=O) groups excluding carboxylic acids is 2. The summed E-state index contributed by atoms with van der Waals surface area (Å²) < 4.78 is 5.32. The lowest BCUT2D eigenvalue weighted by atomic mass is 9.99. The Labute approximate surface area is 147 Å². The zero-order valence-electron chi connectivity index (χ0n) is 14.3. The molecule has 0 aromatic heterocycles. The number of aryl methyl sites for hydroxylation is 1. The molecule has 0 saturated heterocycles. The minimum atomic E-state index is -0.00491. The molecular weight excluding hydrogens is 316 g/mol. The highest BCUT2D eigenvalue weighted by molar-refractivity contribution is 5.94. The summed E-state index contributed by atoms with van der Waals surface area (Å²) in [6.07, 6.45) is 2.30. The predicted octanol–water partition coefficient (Wildman–Crippen LogP) is 2.48. The average Bonchev–Trinajstić information content (AvgIpc) is 2.62. The zero-order valence-corrected chi connectivity index (χ0v) is 14.3. The van der Waals surface area contributed by atoms with Crippen LogP contribution in [0, 0.1) is 0 Å². The van der Waals surface area contributed by atoms with E-state index in [1.807, 2.05) is 42.5 Å². The van der Waals surface area contributed by atoms with Gasteiger partial charge in [-0.1, -0.05) is 30.3 Å². The maximum atomic E-state index is 12.2. The lowest BCUT2D eigenvalue weighted by Gasteiger charge is -2.17. The van der Waals surface area contributed by atoms with Crippen LogP contribution in [-0.4, -0.2) is 25.5 Å². The van der Waals surface area contributed by atoms with Crippen molar-refractivity contribution in [3.05, 3.63) is 59.2 Å². The Balaban J connectivity index is 1.52. The van der Waals surface area contributed by atoms with E-state index in [2.05, 4.69) is 10.6 Å². The molecule has 2 aromatic rings. The number of nitrogens with one attached hydrogen (secondary N) is 2. The summed E-state index contributed by atoms with van der Waals surface area (Å²) in [5.41, 5.74) is 4.00. The molecule has 25 heavy (non-hydrogen) atoms. The second-order valence-electron chi connectivity index (χ2n) is 6.13. The molecule has 0 aliphatic carbocycles. The van der Waals surface area contributed by atoms with Crippen molar-refractivity contribution in [2.24, 2.45) is 0 Å². The van der Waals surface area contributed by atoms with Crippen LogP contribution >= 0.6 is 0 Å². The number of hydrogen-bond donors (Lipinski definition) is 2. The van der Waals surface area contributed by atoms with Gasteiger partial charge in [-0.25, -0.2) is 0 Å². The van der Waals surface area contributed by atoms with Gasteiger partial charge >= 0.3 is 0 Å². The lowest BCUT2D eigenvalue weighted by Crippen LogP contribution is -2.27. The van der Waals surface area contributed by atoms with Gasteiger partial charge in [-0.15, -0.1) is 0 Å². The van der Waals surface area contributed by atoms with Gasteiger partial charge in [0, 0.05) is 18.7 Å². The number of anilines is 1. The molecule has 2 N–H and O–H groups in total. The van der Waals surface area contributed by atoms with Gasteiger partial charge in [-0.05, 0) is 41.7 Å². The Bertz CT molecular complexity index is 786. The fraction of sp³-hybridized carbons (Fsp3) is 0.300. The van der Waals surface area contributed by atoms with Crippen LogP contribution in [0.5, 0.6) is 5.75 Å². The smallest absolute Gasteiger partial charge is 0.224 e. The maximum Gasteiger partial charge on any atom is 0.224 e. The molecular formula is C20H22N2O3. The third-order valence-electron chi connectivity index (χ3n) is 4.34. The van der Waals surface area contributed by atoms with E-state index in [0.29, 0.717) is 19.4 Å². The number of fused-ring (bicyclic) bond motifs is 1. The second-order valence-corrected chi connectivity index (χ2v) is 6.13. The van der Waals surface area contributed by atoms with E-state index in [0.717, 1.165) is 41.0 Å². The standard InChI is InChI=1S/C20H22N2O3/c1-25-18-5-3-2-4-15(18)10-11-21-20(24)13-14-6-8-17-16(12-14)7-9-19(23)22-17/h2-6,8,12H,7,9-11,13H2,1H3,(H,21,24)(H,22,23). The normalized spacial score (nSPS) is 12.9. The van der Waals surface area contributed by atoms with E-state index in [9.17, 15) is 9.59 Å². The Morgan fingerprint density at radius 3 is 2.88 bits per heavy atom. The van der Waals surface area contributed by atoms with Gasteiger partial charge in [0.2, 0.25) is 11.8 Å². The number of rotatable bonds is 6. The lowest BCUT2D eigenvalue weighted by molar-refractivity contribution is -0.120. The number of ether oxygens (including phenoxy) is 1. The van der Waals surface area contributed by atoms with E-state index in [1.165, 1.54) is 0 Å². The molecule has 0 spiro atoms. The summed E-state index contributed by atoms with van der Waals surface area (Å²) in [5, 5.41) is 5.81. The van der Waals surface area contributed by atoms with E-state index < -0.39 is 0 Å². The molecule has 5 nitrogen and oxygen atoms in total. The molecule has 0 unspecified atom stereocenters. The molecule has 0 radical (unpaired) electrons. The molecule has 0 atom stereocenters. The maximum absolute atomic E-state index is 12.2. The molecule has 1 aliphatic heterocycles. The molecule has 0 fully saturated rings. The van der Waals surface area contributed by atoms with Gasteiger partial charge in [0.1, 0.15) is 5.75 Å². The molecule has 5 heteroatoms. The molecule has 1 heterocycles. The molecule has 0 bridgehead atoms. The number of amides is 2. The first-order valence-electron chi connectivity index (χ1n) is 8.46. The zero-order chi connectivity index (χ0) is 17.6. The molecule has 3 rings (SSSR count). The molecule has 130 valence electrons. The number of methoxy groups -OCH3 is 1. The van der Waals surface area contributed by atoms with Gasteiger partial charge in [-0.2, -0.15) is 0 Å². The van der Waals surface area contributed by atoms with Crippen LogP contribution in [0.3, 0.4) is 0 Å². The van der Waals surface area contributed by atoms with E-state index in [-0.39, 0.29) is 11.8 Å². The van der Waals surface area contributed by atoms with Crippen LogP contribution in [0.25, 0.3) is 0 Å². The third kappa shape index (κ3) is 4.38. The summed E-state index contributed by atoms with van der Waals surface area (Å²) in [5.74, 6) is 0.887. The number of para-hydroxylation sites is 1. The van der Waals surface area contributed by atoms with Gasteiger partial charge < -0.3 is 15.4 Å². The fourth-order valence-electron chi connectivity index (χ4n) is 3.04. The summed E-state index contributed by atoms with van der Waals surface area (Å²) in [6, 6.07) is 13.6. The summed E-state index contributed by atoms with van der Waals surface area (Å²) in [6.45, 7) is 0.570. The van der Waals surface area contributed by atoms with Gasteiger partial charge in [0.15, 0.2) is 0 Å². The highest BCUT2D eigenvalue weighted by Crippen LogP contribution is 2.23. The molecule has 0 saturated carbocycles. The van der Waals surface area contributed by atoms with Crippen molar-refractivity contribution < 1.29 is 14.3 Å². The minimum Gasteiger partial charge on any atom is -0.496 e. The summed E-state index contributed by atoms with van der Waals surface area (Å²) in [4.78, 5) is 23.6. The van der Waals surface area contributed by atoms with Gasteiger partial charge in [0.25, 0.3) is 0 Å². The molecule has 2 aromatic carbocycles. The number of hydrogen-bond acceptors (Lipinski definition) is 3. The average molecular weight is 338 g/mol. The van der Waals surface area contributed by atoms with E-state index in [1.54, 1.807) is 7.11 Å². The van der Waals surface area contributed by atoms with Crippen molar-refractivity contribution in [1.29, 1.82) is 0 Å².